The lowest BCUT2D eigenvalue weighted by Gasteiger charge is -2.37. The molecule has 10 nitrogen and oxygen atoms in total. The molecule has 0 aliphatic carbocycles. The molecule has 2 aromatic heterocycles. The third-order valence-electron chi connectivity index (χ3n) is 3.74. The fourth-order valence-corrected chi connectivity index (χ4v) is 2.97. The number of aromatic amines is 2. The van der Waals surface area contributed by atoms with Crippen molar-refractivity contribution < 1.29 is 0 Å². The number of rotatable bonds is 0. The largest absolute Gasteiger partial charge is 0.369 e. The van der Waals surface area contributed by atoms with Crippen LogP contribution < -0.4 is 33.2 Å². The predicted molar refractivity (Wildman–Crippen MR) is 76.0 cm³/mol. The van der Waals surface area contributed by atoms with Crippen LogP contribution in [0.1, 0.15) is 23.5 Å². The summed E-state index contributed by atoms with van der Waals surface area (Å²) in [5.41, 5.74) is 11.2. The Morgan fingerprint density at radius 2 is 1.38 bits per heavy atom. The monoisotopic (exact) mass is 288 g/mol. The molecule has 0 fully saturated rings. The summed E-state index contributed by atoms with van der Waals surface area (Å²) < 4.78 is 0. The summed E-state index contributed by atoms with van der Waals surface area (Å²) in [6.45, 7) is 0. The van der Waals surface area contributed by atoms with Gasteiger partial charge < -0.3 is 22.1 Å². The fraction of sp³-hybridized carbons (Fsp3) is 0.273. The fourth-order valence-electron chi connectivity index (χ4n) is 2.97. The van der Waals surface area contributed by atoms with E-state index >= 15 is 0 Å². The Bertz CT molecular complexity index is 800. The number of nitrogens with zero attached hydrogens (tertiary/aromatic N) is 2. The van der Waals surface area contributed by atoms with Gasteiger partial charge in [0, 0.05) is 5.92 Å². The van der Waals surface area contributed by atoms with Gasteiger partial charge in [0.2, 0.25) is 11.9 Å². The second kappa shape index (κ2) is 3.75. The van der Waals surface area contributed by atoms with Crippen LogP contribution in [0.5, 0.6) is 0 Å². The standard InChI is InChI=1S/C11H12N8O2/c12-10-16-6-4(8(20)18-10)2-1-3(14-6)15-7-5(2)9(21)19-11(13)17-7/h2-3H,1H2,(H4,12,14,16,18,20)(H4,13,15,17,19,21). The van der Waals surface area contributed by atoms with Crippen LogP contribution in [0.2, 0.25) is 0 Å². The van der Waals surface area contributed by atoms with Gasteiger partial charge in [-0.25, -0.2) is 0 Å². The molecule has 0 saturated carbocycles. The number of anilines is 4. The molecule has 0 aromatic carbocycles. The molecule has 2 aromatic rings. The third kappa shape index (κ3) is 1.58. The van der Waals surface area contributed by atoms with Gasteiger partial charge in [-0.15, -0.1) is 0 Å². The van der Waals surface area contributed by atoms with Crippen LogP contribution >= 0.6 is 0 Å². The highest BCUT2D eigenvalue weighted by Gasteiger charge is 2.39. The maximum absolute atomic E-state index is 12.2. The third-order valence-corrected chi connectivity index (χ3v) is 3.74. The van der Waals surface area contributed by atoms with Crippen molar-refractivity contribution in [3.8, 4) is 0 Å². The molecule has 21 heavy (non-hydrogen) atoms. The first kappa shape index (κ1) is 11.8. The van der Waals surface area contributed by atoms with Crippen LogP contribution in [-0.2, 0) is 0 Å². The van der Waals surface area contributed by atoms with Crippen LogP contribution in [0.3, 0.4) is 0 Å². The van der Waals surface area contributed by atoms with Crippen molar-refractivity contribution in [2.75, 3.05) is 22.1 Å². The summed E-state index contributed by atoms with van der Waals surface area (Å²) >= 11 is 0. The summed E-state index contributed by atoms with van der Waals surface area (Å²) in [4.78, 5) is 37.5. The Labute approximate surface area is 117 Å². The number of nitrogen functional groups attached to an aromatic ring is 2. The second-order valence-electron chi connectivity index (χ2n) is 5.06. The van der Waals surface area contributed by atoms with E-state index in [-0.39, 0.29) is 29.2 Å². The number of hydrogen-bond donors (Lipinski definition) is 6. The molecule has 108 valence electrons. The Hall–Kier alpha value is -3.04. The van der Waals surface area contributed by atoms with Crippen molar-refractivity contribution in [1.82, 2.24) is 19.9 Å². The van der Waals surface area contributed by atoms with Gasteiger partial charge in [0.25, 0.3) is 11.1 Å². The number of aromatic nitrogens is 4. The first-order valence-corrected chi connectivity index (χ1v) is 6.35. The molecule has 4 rings (SSSR count). The summed E-state index contributed by atoms with van der Waals surface area (Å²) in [5, 5.41) is 6.15. The van der Waals surface area contributed by atoms with Gasteiger partial charge in [0.15, 0.2) is 0 Å². The lowest BCUT2D eigenvalue weighted by molar-refractivity contribution is 0.579. The predicted octanol–water partition coefficient (Wildman–Crippen LogP) is -1.28. The zero-order valence-corrected chi connectivity index (χ0v) is 10.7. The van der Waals surface area contributed by atoms with Crippen molar-refractivity contribution in [2.24, 2.45) is 0 Å². The molecule has 2 aliphatic heterocycles. The Morgan fingerprint density at radius 1 is 0.905 bits per heavy atom. The maximum Gasteiger partial charge on any atom is 0.258 e. The van der Waals surface area contributed by atoms with E-state index in [2.05, 4.69) is 30.6 Å². The van der Waals surface area contributed by atoms with Gasteiger partial charge in [-0.1, -0.05) is 0 Å². The quantitative estimate of drug-likeness (QED) is 0.348. The molecule has 2 bridgehead atoms. The number of H-pyrrole nitrogens is 2. The van der Waals surface area contributed by atoms with Crippen LogP contribution in [0.25, 0.3) is 0 Å². The van der Waals surface area contributed by atoms with Gasteiger partial charge in [0.1, 0.15) is 11.6 Å². The van der Waals surface area contributed by atoms with Gasteiger partial charge in [-0.05, 0) is 6.42 Å². The van der Waals surface area contributed by atoms with Crippen LogP contribution in [0.15, 0.2) is 9.59 Å². The highest BCUT2D eigenvalue weighted by Crippen LogP contribution is 2.40. The van der Waals surface area contributed by atoms with E-state index in [1.165, 1.54) is 0 Å². The van der Waals surface area contributed by atoms with Crippen molar-refractivity contribution >= 4 is 23.5 Å². The molecule has 0 spiro atoms. The summed E-state index contributed by atoms with van der Waals surface area (Å²) in [5.74, 6) is 0.404. The van der Waals surface area contributed by atoms with Gasteiger partial charge in [0.05, 0.1) is 17.3 Å². The smallest absolute Gasteiger partial charge is 0.258 e. The number of nitrogens with two attached hydrogens (primary N) is 2. The van der Waals surface area contributed by atoms with Crippen molar-refractivity contribution in [2.45, 2.75) is 18.5 Å². The molecule has 10 heteroatoms. The van der Waals surface area contributed by atoms with E-state index in [1.54, 1.807) is 0 Å². The number of nitrogens with one attached hydrogen (secondary N) is 4. The molecule has 4 heterocycles. The van der Waals surface area contributed by atoms with Crippen molar-refractivity contribution in [3.05, 3.63) is 31.8 Å². The first-order chi connectivity index (χ1) is 10.0. The lowest BCUT2D eigenvalue weighted by atomic mass is 9.84. The summed E-state index contributed by atoms with van der Waals surface area (Å²) in [7, 11) is 0. The minimum Gasteiger partial charge on any atom is -0.369 e. The van der Waals surface area contributed by atoms with Gasteiger partial charge in [-0.2, -0.15) is 9.97 Å². The normalized spacial score (nSPS) is 21.7. The van der Waals surface area contributed by atoms with Gasteiger partial charge in [-0.3, -0.25) is 19.6 Å². The SMILES string of the molecule is Nc1nc2c(c(=O)[nH]1)C1CC(N2)Nc2nc(N)[nH]c(=O)c21. The highest BCUT2D eigenvalue weighted by molar-refractivity contribution is 5.63. The molecular formula is C11H12N8O2. The molecule has 0 atom stereocenters. The topological polar surface area (TPSA) is 168 Å². The molecule has 0 saturated heterocycles. The highest BCUT2D eigenvalue weighted by atomic mass is 16.1. The van der Waals surface area contributed by atoms with Crippen molar-refractivity contribution in [3.63, 3.8) is 0 Å². The van der Waals surface area contributed by atoms with Crippen LogP contribution in [0, 0.1) is 0 Å². The molecule has 8 N–H and O–H groups in total. The summed E-state index contributed by atoms with van der Waals surface area (Å²) in [6.07, 6.45) is 0.334. The maximum atomic E-state index is 12.2. The molecule has 2 aliphatic rings. The Kier molecular flexibility index (Phi) is 2.10. The zero-order valence-electron chi connectivity index (χ0n) is 10.7. The van der Waals surface area contributed by atoms with E-state index in [1.807, 2.05) is 0 Å². The molecule has 0 amide bonds. The average Bonchev–Trinajstić information content (AvgIpc) is 2.35. The second-order valence-corrected chi connectivity index (χ2v) is 5.06. The van der Waals surface area contributed by atoms with E-state index < -0.39 is 5.92 Å². The van der Waals surface area contributed by atoms with E-state index in [9.17, 15) is 9.59 Å². The molecule has 0 radical (unpaired) electrons. The van der Waals surface area contributed by atoms with Crippen LogP contribution in [-0.4, -0.2) is 26.1 Å². The lowest BCUT2D eigenvalue weighted by Crippen LogP contribution is -2.45. The zero-order chi connectivity index (χ0) is 14.7. The van der Waals surface area contributed by atoms with E-state index in [0.29, 0.717) is 29.2 Å². The number of fused-ring (bicyclic) bond motifs is 6. The number of hydrogen-bond acceptors (Lipinski definition) is 8. The van der Waals surface area contributed by atoms with Crippen LogP contribution in [0.4, 0.5) is 23.5 Å². The Balaban J connectivity index is 2.02. The van der Waals surface area contributed by atoms with E-state index in [4.69, 9.17) is 11.5 Å². The summed E-state index contributed by atoms with van der Waals surface area (Å²) in [6, 6.07) is 0. The average molecular weight is 288 g/mol. The minimum atomic E-state index is -0.406. The Morgan fingerprint density at radius 3 is 1.86 bits per heavy atom. The van der Waals surface area contributed by atoms with Crippen molar-refractivity contribution in [1.29, 1.82) is 0 Å². The molecule has 0 unspecified atom stereocenters. The molecular weight excluding hydrogens is 276 g/mol. The van der Waals surface area contributed by atoms with Gasteiger partial charge >= 0.3 is 0 Å². The minimum absolute atomic E-state index is 0.0239. The van der Waals surface area contributed by atoms with E-state index in [0.717, 1.165) is 0 Å². The first-order valence-electron chi connectivity index (χ1n) is 6.35.